The molecule has 2 aliphatic heterocycles. The summed E-state index contributed by atoms with van der Waals surface area (Å²) in [6, 6.07) is 0. The van der Waals surface area contributed by atoms with Crippen LogP contribution in [0.25, 0.3) is 11.1 Å². The molecule has 0 amide bonds. The van der Waals surface area contributed by atoms with E-state index in [0.717, 1.165) is 61.9 Å². The zero-order valence-corrected chi connectivity index (χ0v) is 21.6. The van der Waals surface area contributed by atoms with E-state index in [1.54, 1.807) is 11.8 Å². The molecular weight excluding hydrogens is 444 g/mol. The Balaban J connectivity index is 0.000000179. The third kappa shape index (κ3) is 7.18. The summed E-state index contributed by atoms with van der Waals surface area (Å²) in [6.45, 7) is 6.56. The Morgan fingerprint density at radius 1 is 0.871 bits per heavy atom. The fourth-order valence-corrected chi connectivity index (χ4v) is 5.73. The summed E-state index contributed by atoms with van der Waals surface area (Å²) < 4.78 is 17.6. The summed E-state index contributed by atoms with van der Waals surface area (Å²) in [5, 5.41) is 1.07. The molecule has 31 heavy (non-hydrogen) atoms. The number of aromatic nitrogens is 4. The van der Waals surface area contributed by atoms with Crippen molar-refractivity contribution in [2.45, 2.75) is 50.5 Å². The number of unbranched alkanes of at least 4 members (excludes halogenated alkanes) is 2. The number of rotatable bonds is 7. The van der Waals surface area contributed by atoms with Gasteiger partial charge in [-0.05, 0) is 57.2 Å². The first kappa shape index (κ1) is 24.5. The second-order valence-corrected chi connectivity index (χ2v) is 10.0. The molecule has 0 N–H and O–H groups in total. The van der Waals surface area contributed by atoms with Crippen molar-refractivity contribution in [3.63, 3.8) is 0 Å². The third-order valence-electron chi connectivity index (χ3n) is 5.52. The maximum Gasteiger partial charge on any atom is 0.137 e. The van der Waals surface area contributed by atoms with Gasteiger partial charge in [0.25, 0.3) is 0 Å². The molecule has 0 atom stereocenters. The molecule has 0 spiro atoms. The van der Waals surface area contributed by atoms with Gasteiger partial charge in [0.2, 0.25) is 0 Å². The topological polar surface area (TPSA) is 58.0 Å². The highest BCUT2D eigenvalue weighted by Crippen LogP contribution is 2.27. The van der Waals surface area contributed by atoms with Crippen LogP contribution in [-0.2, 0) is 6.42 Å². The van der Waals surface area contributed by atoms with E-state index in [4.69, 9.17) is 0 Å². The van der Waals surface area contributed by atoms with Crippen molar-refractivity contribution in [3.05, 3.63) is 29.2 Å². The fourth-order valence-electron chi connectivity index (χ4n) is 3.80. The summed E-state index contributed by atoms with van der Waals surface area (Å²) in [5.41, 5.74) is 6.17. The van der Waals surface area contributed by atoms with E-state index in [-0.39, 0.29) is 0 Å². The molecule has 2 aliphatic rings. The molecule has 0 radical (unpaired) electrons. The van der Waals surface area contributed by atoms with Crippen LogP contribution in [0.1, 0.15) is 56.1 Å². The lowest BCUT2D eigenvalue weighted by Gasteiger charge is -2.22. The van der Waals surface area contributed by atoms with Gasteiger partial charge in [-0.25, -0.2) is 0 Å². The van der Waals surface area contributed by atoms with Gasteiger partial charge in [0.05, 0.1) is 29.2 Å². The molecule has 170 valence electrons. The van der Waals surface area contributed by atoms with Gasteiger partial charge in [-0.15, -0.1) is 11.8 Å². The van der Waals surface area contributed by atoms with Crippen molar-refractivity contribution in [3.8, 4) is 0 Å². The highest BCUT2D eigenvalue weighted by Gasteiger charge is 2.17. The van der Waals surface area contributed by atoms with Crippen LogP contribution in [0.2, 0.25) is 0 Å². The highest BCUT2D eigenvalue weighted by molar-refractivity contribution is 7.98. The second kappa shape index (κ2) is 12.8. The van der Waals surface area contributed by atoms with E-state index in [1.807, 2.05) is 6.26 Å². The van der Waals surface area contributed by atoms with Crippen LogP contribution in [0.4, 0.5) is 0 Å². The summed E-state index contributed by atoms with van der Waals surface area (Å²) in [5.74, 6) is 0. The van der Waals surface area contributed by atoms with Gasteiger partial charge in [-0.3, -0.25) is 0 Å². The van der Waals surface area contributed by atoms with Gasteiger partial charge in [-0.2, -0.15) is 17.5 Å². The average molecular weight is 479 g/mol. The quantitative estimate of drug-likeness (QED) is 0.411. The predicted molar refractivity (Wildman–Crippen MR) is 135 cm³/mol. The Morgan fingerprint density at radius 3 is 2.10 bits per heavy atom. The molecule has 9 heteroatoms. The molecule has 4 heterocycles. The highest BCUT2D eigenvalue weighted by atomic mass is 32.2. The Morgan fingerprint density at radius 2 is 1.48 bits per heavy atom. The van der Waals surface area contributed by atoms with Crippen LogP contribution in [0.15, 0.2) is 17.2 Å². The van der Waals surface area contributed by atoms with E-state index < -0.39 is 0 Å². The molecule has 6 nitrogen and oxygen atoms in total. The van der Waals surface area contributed by atoms with Crippen LogP contribution in [-0.4, -0.2) is 73.8 Å². The fraction of sp³-hybridized carbons (Fsp3) is 0.636. The zero-order valence-electron chi connectivity index (χ0n) is 19.1. The smallest absolute Gasteiger partial charge is 0.137 e. The molecule has 0 aliphatic carbocycles. The standard InChI is InChI=1S/C13H21N3S.C9H13N3S2/c1-3-4-5-8-12-13(15-17-14-12)11-7-6-9-16(2)10-11;1-12-5-3-4-7(6-12)8-9(13-2)11-14-10-8/h7H,3-6,8-10H2,1-2H3;4H,3,5-6H2,1-2H3. The van der Waals surface area contributed by atoms with Crippen LogP contribution >= 0.6 is 35.2 Å². The van der Waals surface area contributed by atoms with Gasteiger partial charge in [0, 0.05) is 26.2 Å². The molecule has 0 aromatic carbocycles. The zero-order chi connectivity index (χ0) is 22.1. The maximum atomic E-state index is 4.49. The lowest BCUT2D eigenvalue weighted by Crippen LogP contribution is -2.25. The Hall–Kier alpha value is -1.13. The first-order valence-electron chi connectivity index (χ1n) is 11.1. The molecule has 0 bridgehead atoms. The molecule has 0 saturated carbocycles. The summed E-state index contributed by atoms with van der Waals surface area (Å²) >= 11 is 4.34. The number of likely N-dealkylation sites (N-methyl/N-ethyl adjacent to an activating group) is 2. The third-order valence-corrected chi connectivity index (χ3v) is 7.40. The summed E-state index contributed by atoms with van der Waals surface area (Å²) in [7, 11) is 4.31. The Labute approximate surface area is 199 Å². The molecule has 0 saturated heterocycles. The van der Waals surface area contributed by atoms with Gasteiger partial charge < -0.3 is 9.80 Å². The normalized spacial score (nSPS) is 17.7. The molecule has 4 rings (SSSR count). The maximum absolute atomic E-state index is 4.49. The number of hydrogen-bond acceptors (Lipinski definition) is 9. The lowest BCUT2D eigenvalue weighted by atomic mass is 10.0. The number of thioether (sulfide) groups is 1. The summed E-state index contributed by atoms with van der Waals surface area (Å²) in [6.07, 6.45) is 13.8. The van der Waals surface area contributed by atoms with E-state index >= 15 is 0 Å². The van der Waals surface area contributed by atoms with Gasteiger partial charge in [0.1, 0.15) is 16.4 Å². The van der Waals surface area contributed by atoms with Crippen LogP contribution in [0, 0.1) is 0 Å². The molecule has 0 fully saturated rings. The van der Waals surface area contributed by atoms with Crippen LogP contribution < -0.4 is 0 Å². The van der Waals surface area contributed by atoms with Gasteiger partial charge in [0.15, 0.2) is 0 Å². The number of nitrogens with zero attached hydrogens (tertiary/aromatic N) is 6. The van der Waals surface area contributed by atoms with Gasteiger partial charge in [-0.1, -0.05) is 31.9 Å². The average Bonchev–Trinajstić information content (AvgIpc) is 3.44. The van der Waals surface area contributed by atoms with Crippen molar-refractivity contribution in [2.75, 3.05) is 46.5 Å². The van der Waals surface area contributed by atoms with Crippen molar-refractivity contribution in [1.29, 1.82) is 0 Å². The Bertz CT molecular complexity index is 872. The largest absolute Gasteiger partial charge is 0.302 e. The SMILES string of the molecule is CCCCCc1nsnc1C1=CCCN(C)C1.CSc1nsnc1C1=CCCN(C)C1. The molecule has 2 aromatic rings. The van der Waals surface area contributed by atoms with E-state index in [1.165, 1.54) is 59.6 Å². The van der Waals surface area contributed by atoms with Crippen molar-refractivity contribution in [2.24, 2.45) is 0 Å². The van der Waals surface area contributed by atoms with E-state index in [2.05, 4.69) is 60.5 Å². The molecule has 0 unspecified atom stereocenters. The predicted octanol–water partition coefficient (Wildman–Crippen LogP) is 4.97. The Kier molecular flexibility index (Phi) is 10.1. The first-order valence-corrected chi connectivity index (χ1v) is 13.7. The minimum Gasteiger partial charge on any atom is -0.302 e. The second-order valence-electron chi connectivity index (χ2n) is 8.15. The number of hydrogen-bond donors (Lipinski definition) is 0. The van der Waals surface area contributed by atoms with Crippen molar-refractivity contribution < 1.29 is 0 Å². The van der Waals surface area contributed by atoms with Gasteiger partial charge >= 0.3 is 0 Å². The van der Waals surface area contributed by atoms with E-state index in [9.17, 15) is 0 Å². The minimum atomic E-state index is 0.999. The first-order chi connectivity index (χ1) is 15.1. The van der Waals surface area contributed by atoms with Crippen molar-refractivity contribution in [1.82, 2.24) is 27.3 Å². The van der Waals surface area contributed by atoms with Crippen LogP contribution in [0.3, 0.4) is 0 Å². The van der Waals surface area contributed by atoms with Crippen molar-refractivity contribution >= 4 is 46.4 Å². The van der Waals surface area contributed by atoms with Crippen LogP contribution in [0.5, 0.6) is 0 Å². The van der Waals surface area contributed by atoms with E-state index in [0.29, 0.717) is 0 Å². The number of aryl methyl sites for hydroxylation is 1. The molecular formula is C22H34N6S3. The monoisotopic (exact) mass is 478 g/mol. The summed E-state index contributed by atoms with van der Waals surface area (Å²) in [4.78, 5) is 4.67. The minimum absolute atomic E-state index is 0.999. The molecule has 2 aromatic heterocycles. The lowest BCUT2D eigenvalue weighted by molar-refractivity contribution is 0.372.